The summed E-state index contributed by atoms with van der Waals surface area (Å²) in [4.78, 5) is 12.5. The number of aromatic nitrogens is 2. The molecule has 4 fully saturated rings. The van der Waals surface area contributed by atoms with Crippen molar-refractivity contribution < 1.29 is 4.79 Å². The van der Waals surface area contributed by atoms with Gasteiger partial charge in [0.1, 0.15) is 0 Å². The molecular weight excluding hydrogens is 342 g/mol. The molecule has 0 atom stereocenters. The predicted octanol–water partition coefficient (Wildman–Crippen LogP) is 3.44. The molecule has 4 aliphatic rings. The molecule has 4 bridgehead atoms. The average molecular weight is 366 g/mol. The lowest BCUT2D eigenvalue weighted by Crippen LogP contribution is -2.51. The normalized spacial score (nSPS) is 35.9. The number of hydrogen-bond acceptors (Lipinski definition) is 2. The van der Waals surface area contributed by atoms with E-state index >= 15 is 0 Å². The predicted molar refractivity (Wildman–Crippen MR) is 88.6 cm³/mol. The zero-order chi connectivity index (χ0) is 15.5. The van der Waals surface area contributed by atoms with Crippen LogP contribution in [0.1, 0.15) is 54.7 Å². The molecule has 1 N–H and O–H groups in total. The number of nitrogens with one attached hydrogen (secondary N) is 1. The van der Waals surface area contributed by atoms with E-state index in [0.29, 0.717) is 11.1 Å². The molecular formula is C17H24BrN3O. The smallest absolute Gasteiger partial charge is 0.272 e. The molecule has 5 heteroatoms. The summed E-state index contributed by atoms with van der Waals surface area (Å²) in [6.45, 7) is 2.80. The van der Waals surface area contributed by atoms with Crippen molar-refractivity contribution in [2.24, 2.45) is 30.2 Å². The average Bonchev–Trinajstić information content (AvgIpc) is 2.71. The number of carbonyl (C=O) groups excluding carboxylic acids is 1. The summed E-state index contributed by atoms with van der Waals surface area (Å²) >= 11 is 3.49. The van der Waals surface area contributed by atoms with Gasteiger partial charge in [-0.1, -0.05) is 0 Å². The van der Waals surface area contributed by atoms with Gasteiger partial charge in [-0.25, -0.2) is 0 Å². The maximum atomic E-state index is 12.5. The molecule has 0 aromatic carbocycles. The molecule has 1 heterocycles. The summed E-state index contributed by atoms with van der Waals surface area (Å²) in [5.74, 6) is 2.73. The van der Waals surface area contributed by atoms with Crippen LogP contribution in [0.15, 0.2) is 4.47 Å². The highest BCUT2D eigenvalue weighted by Crippen LogP contribution is 2.59. The minimum absolute atomic E-state index is 0.0358. The maximum absolute atomic E-state index is 12.5. The number of nitrogens with zero attached hydrogens (tertiary/aromatic N) is 2. The van der Waals surface area contributed by atoms with Crippen LogP contribution >= 0.6 is 15.9 Å². The van der Waals surface area contributed by atoms with E-state index in [2.05, 4.69) is 26.3 Å². The van der Waals surface area contributed by atoms with E-state index < -0.39 is 0 Å². The first-order chi connectivity index (χ1) is 10.5. The summed E-state index contributed by atoms with van der Waals surface area (Å²) < 4.78 is 2.57. The van der Waals surface area contributed by atoms with Gasteiger partial charge in [-0.2, -0.15) is 5.10 Å². The van der Waals surface area contributed by atoms with Crippen LogP contribution in [0.5, 0.6) is 0 Å². The van der Waals surface area contributed by atoms with Crippen LogP contribution in [0, 0.1) is 30.1 Å². The van der Waals surface area contributed by atoms with Gasteiger partial charge in [-0.15, -0.1) is 0 Å². The van der Waals surface area contributed by atoms with Gasteiger partial charge < -0.3 is 5.32 Å². The molecule has 0 unspecified atom stereocenters. The summed E-state index contributed by atoms with van der Waals surface area (Å²) in [7, 11) is 1.87. The van der Waals surface area contributed by atoms with Crippen molar-refractivity contribution in [3.63, 3.8) is 0 Å². The molecule has 120 valence electrons. The molecule has 1 aromatic rings. The minimum atomic E-state index is -0.0358. The van der Waals surface area contributed by atoms with Gasteiger partial charge in [-0.3, -0.25) is 9.48 Å². The van der Waals surface area contributed by atoms with E-state index in [9.17, 15) is 4.79 Å². The highest BCUT2D eigenvalue weighted by molar-refractivity contribution is 9.10. The van der Waals surface area contributed by atoms with Crippen LogP contribution in [-0.4, -0.2) is 22.2 Å². The van der Waals surface area contributed by atoms with Crippen LogP contribution in [0.2, 0.25) is 0 Å². The van der Waals surface area contributed by atoms with Gasteiger partial charge in [0.2, 0.25) is 0 Å². The van der Waals surface area contributed by atoms with Crippen molar-refractivity contribution in [1.82, 2.24) is 15.1 Å². The first kappa shape index (κ1) is 14.7. The van der Waals surface area contributed by atoms with E-state index in [-0.39, 0.29) is 5.91 Å². The van der Waals surface area contributed by atoms with E-state index in [0.717, 1.165) is 34.5 Å². The van der Waals surface area contributed by atoms with E-state index in [1.807, 2.05) is 14.0 Å². The lowest BCUT2D eigenvalue weighted by Gasteiger charge is -2.56. The Morgan fingerprint density at radius 3 is 2.27 bits per heavy atom. The van der Waals surface area contributed by atoms with E-state index in [1.165, 1.54) is 38.5 Å². The second kappa shape index (κ2) is 5.08. The first-order valence-electron chi connectivity index (χ1n) is 8.43. The highest BCUT2D eigenvalue weighted by atomic mass is 79.9. The van der Waals surface area contributed by atoms with Crippen LogP contribution < -0.4 is 5.32 Å². The molecule has 4 nitrogen and oxygen atoms in total. The highest BCUT2D eigenvalue weighted by Gasteiger charge is 2.50. The van der Waals surface area contributed by atoms with Crippen LogP contribution in [0.4, 0.5) is 0 Å². The van der Waals surface area contributed by atoms with Crippen molar-refractivity contribution in [1.29, 1.82) is 0 Å². The maximum Gasteiger partial charge on any atom is 0.272 e. The third-order valence-corrected chi connectivity index (χ3v) is 7.21. The lowest BCUT2D eigenvalue weighted by molar-refractivity contribution is -0.0503. The van der Waals surface area contributed by atoms with Gasteiger partial charge >= 0.3 is 0 Å². The van der Waals surface area contributed by atoms with Crippen LogP contribution in [-0.2, 0) is 7.05 Å². The molecule has 22 heavy (non-hydrogen) atoms. The number of rotatable bonds is 3. The largest absolute Gasteiger partial charge is 0.350 e. The Hall–Kier alpha value is -0.840. The van der Waals surface area contributed by atoms with Gasteiger partial charge in [0.15, 0.2) is 5.69 Å². The molecule has 1 aromatic heterocycles. The lowest BCUT2D eigenvalue weighted by atomic mass is 9.49. The third kappa shape index (κ3) is 2.32. The number of halogens is 1. The van der Waals surface area contributed by atoms with Crippen molar-refractivity contribution in [3.05, 3.63) is 15.9 Å². The topological polar surface area (TPSA) is 46.9 Å². The van der Waals surface area contributed by atoms with E-state index in [4.69, 9.17) is 0 Å². The van der Waals surface area contributed by atoms with E-state index in [1.54, 1.807) is 4.68 Å². The Kier molecular flexibility index (Phi) is 3.40. The van der Waals surface area contributed by atoms with Crippen molar-refractivity contribution in [3.8, 4) is 0 Å². The van der Waals surface area contributed by atoms with Crippen molar-refractivity contribution >= 4 is 21.8 Å². The van der Waals surface area contributed by atoms with Crippen LogP contribution in [0.3, 0.4) is 0 Å². The van der Waals surface area contributed by atoms with Crippen molar-refractivity contribution in [2.45, 2.75) is 45.4 Å². The Balaban J connectivity index is 1.46. The molecule has 0 saturated heterocycles. The summed E-state index contributed by atoms with van der Waals surface area (Å²) in [6, 6.07) is 0. The second-order valence-corrected chi connectivity index (χ2v) is 8.76. The number of hydrogen-bond donors (Lipinski definition) is 1. The minimum Gasteiger partial charge on any atom is -0.350 e. The van der Waals surface area contributed by atoms with Gasteiger partial charge in [0, 0.05) is 13.6 Å². The summed E-state index contributed by atoms with van der Waals surface area (Å²) in [5.41, 5.74) is 1.88. The molecule has 4 saturated carbocycles. The number of carbonyl (C=O) groups is 1. The fourth-order valence-electron chi connectivity index (χ4n) is 5.59. The molecule has 0 aliphatic heterocycles. The third-order valence-electron chi connectivity index (χ3n) is 6.27. The molecule has 4 aliphatic carbocycles. The Labute approximate surface area is 140 Å². The SMILES string of the molecule is Cc1c(Br)c(C(=O)NCC23CC4CC(CC(C4)C2)C3)nn1C. The van der Waals surface area contributed by atoms with Gasteiger partial charge in [0.25, 0.3) is 5.91 Å². The molecule has 5 rings (SSSR count). The zero-order valence-electron chi connectivity index (χ0n) is 13.4. The Morgan fingerprint density at radius 1 is 1.27 bits per heavy atom. The fourth-order valence-corrected chi connectivity index (χ4v) is 6.10. The Bertz CT molecular complexity index is 586. The number of amides is 1. The quantitative estimate of drug-likeness (QED) is 0.891. The van der Waals surface area contributed by atoms with Crippen LogP contribution in [0.25, 0.3) is 0 Å². The standard InChI is InChI=1S/C17H24BrN3O/c1-10-14(18)15(20-21(10)2)16(22)19-9-17-6-11-3-12(7-17)5-13(4-11)8-17/h11-13H,3-9H2,1-2H3,(H,19,22). The molecule has 0 spiro atoms. The van der Waals surface area contributed by atoms with Gasteiger partial charge in [0.05, 0.1) is 10.2 Å². The second-order valence-electron chi connectivity index (χ2n) is 7.97. The zero-order valence-corrected chi connectivity index (χ0v) is 14.9. The monoisotopic (exact) mass is 365 g/mol. The number of aryl methyl sites for hydroxylation is 1. The Morgan fingerprint density at radius 2 is 1.82 bits per heavy atom. The van der Waals surface area contributed by atoms with Gasteiger partial charge in [-0.05, 0) is 84.5 Å². The summed E-state index contributed by atoms with van der Waals surface area (Å²) in [5, 5.41) is 7.52. The van der Waals surface area contributed by atoms with Crippen molar-refractivity contribution in [2.75, 3.05) is 6.54 Å². The fraction of sp³-hybridized carbons (Fsp3) is 0.765. The molecule has 1 amide bonds. The molecule has 0 radical (unpaired) electrons. The summed E-state index contributed by atoms with van der Waals surface area (Å²) in [6.07, 6.45) is 8.29. The first-order valence-corrected chi connectivity index (χ1v) is 9.22.